The van der Waals surface area contributed by atoms with E-state index in [0.717, 1.165) is 15.9 Å². The Labute approximate surface area is 102 Å². The lowest BCUT2D eigenvalue weighted by Crippen LogP contribution is -2.30. The number of halogens is 1. The van der Waals surface area contributed by atoms with Crippen molar-refractivity contribution in [2.24, 2.45) is 0 Å². The Morgan fingerprint density at radius 3 is 2.53 bits per heavy atom. The SMILES string of the molecule is CCNC(C)CS(=O)c1ccc(Br)cc1. The molecule has 1 aromatic rings. The summed E-state index contributed by atoms with van der Waals surface area (Å²) in [5.41, 5.74) is 0. The number of benzene rings is 1. The zero-order valence-corrected chi connectivity index (χ0v) is 11.4. The van der Waals surface area contributed by atoms with Crippen molar-refractivity contribution in [2.75, 3.05) is 12.3 Å². The normalized spacial score (nSPS) is 14.9. The Morgan fingerprint density at radius 1 is 1.40 bits per heavy atom. The maximum absolute atomic E-state index is 11.9. The molecule has 0 fully saturated rings. The van der Waals surface area contributed by atoms with Crippen LogP contribution in [0.4, 0.5) is 0 Å². The van der Waals surface area contributed by atoms with Crippen LogP contribution in [0.5, 0.6) is 0 Å². The second-order valence-corrected chi connectivity index (χ2v) is 5.84. The highest BCUT2D eigenvalue weighted by atomic mass is 79.9. The van der Waals surface area contributed by atoms with Crippen LogP contribution in [-0.2, 0) is 10.8 Å². The fourth-order valence-electron chi connectivity index (χ4n) is 1.32. The molecule has 0 radical (unpaired) electrons. The van der Waals surface area contributed by atoms with Gasteiger partial charge in [0.05, 0.1) is 10.8 Å². The first kappa shape index (κ1) is 12.9. The van der Waals surface area contributed by atoms with Crippen LogP contribution >= 0.6 is 15.9 Å². The second-order valence-electron chi connectivity index (χ2n) is 3.42. The van der Waals surface area contributed by atoms with Crippen LogP contribution in [0.15, 0.2) is 33.6 Å². The van der Waals surface area contributed by atoms with Gasteiger partial charge in [0.2, 0.25) is 0 Å². The Balaban J connectivity index is 2.57. The molecule has 0 aliphatic carbocycles. The van der Waals surface area contributed by atoms with E-state index in [0.29, 0.717) is 11.8 Å². The van der Waals surface area contributed by atoms with Crippen molar-refractivity contribution in [3.05, 3.63) is 28.7 Å². The smallest absolute Gasteiger partial charge is 0.0545 e. The van der Waals surface area contributed by atoms with Crippen molar-refractivity contribution >= 4 is 26.7 Å². The van der Waals surface area contributed by atoms with E-state index >= 15 is 0 Å². The summed E-state index contributed by atoms with van der Waals surface area (Å²) in [5.74, 6) is 0.662. The molecule has 0 saturated carbocycles. The molecule has 0 heterocycles. The highest BCUT2D eigenvalue weighted by Crippen LogP contribution is 2.13. The third-order valence-corrected chi connectivity index (χ3v) is 4.16. The number of nitrogens with one attached hydrogen (secondary N) is 1. The second kappa shape index (κ2) is 6.40. The van der Waals surface area contributed by atoms with Gasteiger partial charge >= 0.3 is 0 Å². The average Bonchev–Trinajstić information content (AvgIpc) is 2.18. The van der Waals surface area contributed by atoms with Crippen LogP contribution in [0.25, 0.3) is 0 Å². The Hall–Kier alpha value is -0.190. The molecule has 1 rings (SSSR count). The summed E-state index contributed by atoms with van der Waals surface area (Å²) >= 11 is 3.36. The van der Waals surface area contributed by atoms with E-state index in [2.05, 4.69) is 35.1 Å². The van der Waals surface area contributed by atoms with E-state index in [1.807, 2.05) is 24.3 Å². The minimum Gasteiger partial charge on any atom is -0.314 e. The molecule has 84 valence electrons. The fourth-order valence-corrected chi connectivity index (χ4v) is 2.79. The average molecular weight is 290 g/mol. The molecule has 15 heavy (non-hydrogen) atoms. The van der Waals surface area contributed by atoms with Crippen LogP contribution < -0.4 is 5.32 Å². The van der Waals surface area contributed by atoms with Gasteiger partial charge in [-0.25, -0.2) is 0 Å². The predicted molar refractivity (Wildman–Crippen MR) is 68.6 cm³/mol. The maximum atomic E-state index is 11.9. The third kappa shape index (κ3) is 4.45. The molecule has 0 spiro atoms. The van der Waals surface area contributed by atoms with E-state index in [4.69, 9.17) is 0 Å². The van der Waals surface area contributed by atoms with Crippen molar-refractivity contribution < 1.29 is 4.21 Å². The van der Waals surface area contributed by atoms with Gasteiger partial charge in [-0.05, 0) is 37.7 Å². The third-order valence-electron chi connectivity index (χ3n) is 2.03. The lowest BCUT2D eigenvalue weighted by atomic mass is 10.4. The van der Waals surface area contributed by atoms with E-state index in [9.17, 15) is 4.21 Å². The summed E-state index contributed by atoms with van der Waals surface area (Å²) in [5, 5.41) is 3.26. The molecule has 0 aliphatic rings. The van der Waals surface area contributed by atoms with Crippen LogP contribution in [0.2, 0.25) is 0 Å². The molecule has 1 aromatic carbocycles. The van der Waals surface area contributed by atoms with Gasteiger partial charge in [0.25, 0.3) is 0 Å². The van der Waals surface area contributed by atoms with Crippen LogP contribution in [0, 0.1) is 0 Å². The van der Waals surface area contributed by atoms with Crippen LogP contribution in [-0.4, -0.2) is 22.5 Å². The summed E-state index contributed by atoms with van der Waals surface area (Å²) < 4.78 is 12.9. The minimum absolute atomic E-state index is 0.291. The van der Waals surface area contributed by atoms with Gasteiger partial charge in [-0.1, -0.05) is 22.9 Å². The standard InChI is InChI=1S/C11H16BrNOS/c1-3-13-9(2)8-15(14)11-6-4-10(12)5-7-11/h4-7,9,13H,3,8H2,1-2H3. The zero-order valence-electron chi connectivity index (χ0n) is 9.00. The van der Waals surface area contributed by atoms with Gasteiger partial charge in [0.15, 0.2) is 0 Å². The number of rotatable bonds is 5. The number of hydrogen-bond donors (Lipinski definition) is 1. The molecule has 1 N–H and O–H groups in total. The monoisotopic (exact) mass is 289 g/mol. The van der Waals surface area contributed by atoms with E-state index in [-0.39, 0.29) is 0 Å². The minimum atomic E-state index is -0.907. The van der Waals surface area contributed by atoms with Crippen molar-refractivity contribution in [1.82, 2.24) is 5.32 Å². The maximum Gasteiger partial charge on any atom is 0.0545 e. The van der Waals surface area contributed by atoms with Crippen LogP contribution in [0.3, 0.4) is 0 Å². The molecule has 0 aromatic heterocycles. The summed E-state index contributed by atoms with van der Waals surface area (Å²) in [7, 11) is -0.907. The van der Waals surface area contributed by atoms with Crippen molar-refractivity contribution in [1.29, 1.82) is 0 Å². The van der Waals surface area contributed by atoms with Gasteiger partial charge in [-0.15, -0.1) is 0 Å². The lowest BCUT2D eigenvalue weighted by Gasteiger charge is -2.11. The first-order valence-corrected chi connectivity index (χ1v) is 7.12. The number of hydrogen-bond acceptors (Lipinski definition) is 2. The molecule has 2 unspecified atom stereocenters. The van der Waals surface area contributed by atoms with Gasteiger partial charge in [0.1, 0.15) is 0 Å². The highest BCUT2D eigenvalue weighted by molar-refractivity contribution is 9.10. The largest absolute Gasteiger partial charge is 0.314 e. The first-order valence-electron chi connectivity index (χ1n) is 5.00. The van der Waals surface area contributed by atoms with Crippen LogP contribution in [0.1, 0.15) is 13.8 Å². The van der Waals surface area contributed by atoms with E-state index in [1.165, 1.54) is 0 Å². The van der Waals surface area contributed by atoms with Gasteiger partial charge in [-0.2, -0.15) is 0 Å². The summed E-state index contributed by atoms with van der Waals surface area (Å²) in [6, 6.07) is 7.94. The zero-order chi connectivity index (χ0) is 11.3. The molecule has 0 amide bonds. The van der Waals surface area contributed by atoms with Gasteiger partial charge < -0.3 is 5.32 Å². The topological polar surface area (TPSA) is 29.1 Å². The molecular formula is C11H16BrNOS. The summed E-state index contributed by atoms with van der Waals surface area (Å²) in [6.45, 7) is 5.03. The molecule has 0 bridgehead atoms. The predicted octanol–water partition coefficient (Wildman–Crippen LogP) is 2.55. The van der Waals surface area contributed by atoms with Crippen molar-refractivity contribution in [3.63, 3.8) is 0 Å². The molecule has 2 nitrogen and oxygen atoms in total. The lowest BCUT2D eigenvalue weighted by molar-refractivity contribution is 0.607. The van der Waals surface area contributed by atoms with E-state index in [1.54, 1.807) is 0 Å². The Morgan fingerprint density at radius 2 is 2.00 bits per heavy atom. The summed E-state index contributed by atoms with van der Waals surface area (Å²) in [6.07, 6.45) is 0. The van der Waals surface area contributed by atoms with E-state index < -0.39 is 10.8 Å². The molecule has 0 saturated heterocycles. The van der Waals surface area contributed by atoms with Crippen molar-refractivity contribution in [2.45, 2.75) is 24.8 Å². The molecule has 2 atom stereocenters. The van der Waals surface area contributed by atoms with Crippen molar-refractivity contribution in [3.8, 4) is 0 Å². The van der Waals surface area contributed by atoms with Gasteiger partial charge in [0, 0.05) is 21.2 Å². The fraction of sp³-hybridized carbons (Fsp3) is 0.455. The molecule has 4 heteroatoms. The molecule has 0 aliphatic heterocycles. The summed E-state index contributed by atoms with van der Waals surface area (Å²) in [4.78, 5) is 0.892. The first-order chi connectivity index (χ1) is 7.13. The Bertz CT molecular complexity index is 326. The Kier molecular flexibility index (Phi) is 5.50. The quantitative estimate of drug-likeness (QED) is 0.903. The van der Waals surface area contributed by atoms with Gasteiger partial charge in [-0.3, -0.25) is 4.21 Å². The molecular weight excluding hydrogens is 274 g/mol. The highest BCUT2D eigenvalue weighted by Gasteiger charge is 2.08.